The van der Waals surface area contributed by atoms with Gasteiger partial charge in [-0.1, -0.05) is 6.92 Å². The second-order valence-corrected chi connectivity index (χ2v) is 3.93. The summed E-state index contributed by atoms with van der Waals surface area (Å²) in [5, 5.41) is 7.42. The topological polar surface area (TPSA) is 42.2 Å². The van der Waals surface area contributed by atoms with Gasteiger partial charge in [-0.25, -0.2) is 4.52 Å². The van der Waals surface area contributed by atoms with Gasteiger partial charge in [-0.2, -0.15) is 4.98 Å². The van der Waals surface area contributed by atoms with E-state index in [1.54, 1.807) is 4.52 Å². The monoisotopic (exact) mass is 254 g/mol. The van der Waals surface area contributed by atoms with Crippen molar-refractivity contribution in [1.29, 1.82) is 0 Å². The molecule has 0 saturated carbocycles. The van der Waals surface area contributed by atoms with Crippen LogP contribution >= 0.6 is 15.9 Å². The van der Waals surface area contributed by atoms with Gasteiger partial charge < -0.3 is 5.32 Å². The first-order chi connectivity index (χ1) is 6.79. The standard InChI is InChI=1S/C9H11BrN4/c1-2-5-11-9-12-8-4-3-7(10)6-14(8)13-9/h3-4,6H,2,5H2,1H3,(H,11,13). The maximum atomic E-state index is 4.31. The van der Waals surface area contributed by atoms with Gasteiger partial charge in [0, 0.05) is 17.2 Å². The summed E-state index contributed by atoms with van der Waals surface area (Å²) in [6.07, 6.45) is 2.96. The van der Waals surface area contributed by atoms with E-state index in [0.29, 0.717) is 5.95 Å². The Labute approximate surface area is 90.5 Å². The van der Waals surface area contributed by atoms with Crippen LogP contribution in [0, 0.1) is 0 Å². The molecular formula is C9H11BrN4. The molecule has 14 heavy (non-hydrogen) atoms. The predicted molar refractivity (Wildman–Crippen MR) is 59.5 cm³/mol. The minimum Gasteiger partial charge on any atom is -0.353 e. The molecule has 0 radical (unpaired) electrons. The molecule has 1 N–H and O–H groups in total. The van der Waals surface area contributed by atoms with Crippen LogP contribution in [0.1, 0.15) is 13.3 Å². The van der Waals surface area contributed by atoms with Gasteiger partial charge in [0.2, 0.25) is 5.95 Å². The van der Waals surface area contributed by atoms with Crippen LogP contribution in [0.15, 0.2) is 22.8 Å². The number of halogens is 1. The van der Waals surface area contributed by atoms with Gasteiger partial charge in [0.05, 0.1) is 0 Å². The van der Waals surface area contributed by atoms with Gasteiger partial charge in [-0.15, -0.1) is 5.10 Å². The van der Waals surface area contributed by atoms with Crippen molar-refractivity contribution in [3.05, 3.63) is 22.8 Å². The van der Waals surface area contributed by atoms with Crippen molar-refractivity contribution in [2.45, 2.75) is 13.3 Å². The first-order valence-corrected chi connectivity index (χ1v) is 5.34. The Morgan fingerprint density at radius 1 is 1.50 bits per heavy atom. The Morgan fingerprint density at radius 3 is 3.14 bits per heavy atom. The van der Waals surface area contributed by atoms with E-state index in [1.165, 1.54) is 0 Å². The Hall–Kier alpha value is -1.10. The average Bonchev–Trinajstić information content (AvgIpc) is 2.56. The van der Waals surface area contributed by atoms with Gasteiger partial charge >= 0.3 is 0 Å². The summed E-state index contributed by atoms with van der Waals surface area (Å²) in [6, 6.07) is 3.88. The predicted octanol–water partition coefficient (Wildman–Crippen LogP) is 2.31. The summed E-state index contributed by atoms with van der Waals surface area (Å²) in [7, 11) is 0. The van der Waals surface area contributed by atoms with Gasteiger partial charge in [0.25, 0.3) is 0 Å². The number of hydrogen-bond donors (Lipinski definition) is 1. The zero-order valence-corrected chi connectivity index (χ0v) is 9.45. The molecule has 5 heteroatoms. The van der Waals surface area contributed by atoms with Crippen molar-refractivity contribution in [2.75, 3.05) is 11.9 Å². The number of hydrogen-bond acceptors (Lipinski definition) is 3. The summed E-state index contributed by atoms with van der Waals surface area (Å²) in [5.41, 5.74) is 0.854. The van der Waals surface area contributed by atoms with E-state index in [4.69, 9.17) is 0 Å². The molecule has 0 bridgehead atoms. The zero-order chi connectivity index (χ0) is 9.97. The SMILES string of the molecule is CCCNc1nc2ccc(Br)cn2n1. The minimum atomic E-state index is 0.685. The van der Waals surface area contributed by atoms with E-state index in [0.717, 1.165) is 23.1 Å². The summed E-state index contributed by atoms with van der Waals surface area (Å²) < 4.78 is 2.75. The summed E-state index contributed by atoms with van der Waals surface area (Å²) in [6.45, 7) is 3.01. The van der Waals surface area contributed by atoms with Crippen LogP contribution in [-0.2, 0) is 0 Å². The molecule has 4 nitrogen and oxygen atoms in total. The van der Waals surface area contributed by atoms with Crippen molar-refractivity contribution in [3.8, 4) is 0 Å². The molecule has 0 spiro atoms. The molecule has 2 aromatic heterocycles. The number of rotatable bonds is 3. The lowest BCUT2D eigenvalue weighted by atomic mass is 10.5. The Morgan fingerprint density at radius 2 is 2.36 bits per heavy atom. The molecule has 0 unspecified atom stereocenters. The van der Waals surface area contributed by atoms with Gasteiger partial charge in [0.1, 0.15) is 0 Å². The summed E-state index contributed by atoms with van der Waals surface area (Å²) >= 11 is 3.39. The largest absolute Gasteiger partial charge is 0.353 e. The highest BCUT2D eigenvalue weighted by atomic mass is 79.9. The first-order valence-electron chi connectivity index (χ1n) is 4.55. The van der Waals surface area contributed by atoms with Crippen molar-refractivity contribution < 1.29 is 0 Å². The van der Waals surface area contributed by atoms with Crippen molar-refractivity contribution in [2.24, 2.45) is 0 Å². The second kappa shape index (κ2) is 3.96. The van der Waals surface area contributed by atoms with Crippen molar-refractivity contribution >= 4 is 27.5 Å². The molecule has 0 fully saturated rings. The fraction of sp³-hybridized carbons (Fsp3) is 0.333. The number of anilines is 1. The number of aromatic nitrogens is 3. The third-order valence-corrected chi connectivity index (χ3v) is 2.30. The molecule has 0 aliphatic carbocycles. The molecule has 0 amide bonds. The molecule has 0 aliphatic rings. The third kappa shape index (κ3) is 1.87. The van der Waals surface area contributed by atoms with Crippen LogP contribution in [0.4, 0.5) is 5.95 Å². The molecule has 2 rings (SSSR count). The lowest BCUT2D eigenvalue weighted by Gasteiger charge is -1.94. The fourth-order valence-electron chi connectivity index (χ4n) is 1.17. The normalized spacial score (nSPS) is 10.7. The zero-order valence-electron chi connectivity index (χ0n) is 7.87. The van der Waals surface area contributed by atoms with Crippen LogP contribution in [-0.4, -0.2) is 21.1 Å². The number of nitrogens with one attached hydrogen (secondary N) is 1. The van der Waals surface area contributed by atoms with E-state index in [2.05, 4.69) is 38.3 Å². The lowest BCUT2D eigenvalue weighted by molar-refractivity contribution is 0.922. The Bertz CT molecular complexity index is 437. The van der Waals surface area contributed by atoms with E-state index in [-0.39, 0.29) is 0 Å². The molecule has 2 heterocycles. The van der Waals surface area contributed by atoms with E-state index >= 15 is 0 Å². The van der Waals surface area contributed by atoms with Gasteiger partial charge in [0.15, 0.2) is 5.65 Å². The maximum absolute atomic E-state index is 4.31. The van der Waals surface area contributed by atoms with Crippen LogP contribution in [0.5, 0.6) is 0 Å². The fourth-order valence-corrected chi connectivity index (χ4v) is 1.50. The van der Waals surface area contributed by atoms with E-state index in [1.807, 2.05) is 18.3 Å². The molecule has 2 aromatic rings. The molecule has 74 valence electrons. The maximum Gasteiger partial charge on any atom is 0.243 e. The minimum absolute atomic E-state index is 0.685. The second-order valence-electron chi connectivity index (χ2n) is 3.01. The highest BCUT2D eigenvalue weighted by Crippen LogP contribution is 2.11. The highest BCUT2D eigenvalue weighted by molar-refractivity contribution is 9.10. The van der Waals surface area contributed by atoms with Crippen LogP contribution in [0.2, 0.25) is 0 Å². The van der Waals surface area contributed by atoms with E-state index < -0.39 is 0 Å². The average molecular weight is 255 g/mol. The summed E-state index contributed by atoms with van der Waals surface area (Å²) in [5.74, 6) is 0.685. The molecular weight excluding hydrogens is 244 g/mol. The number of fused-ring (bicyclic) bond motifs is 1. The summed E-state index contributed by atoms with van der Waals surface area (Å²) in [4.78, 5) is 4.31. The number of pyridine rings is 1. The Kier molecular flexibility index (Phi) is 2.67. The smallest absolute Gasteiger partial charge is 0.243 e. The van der Waals surface area contributed by atoms with Crippen LogP contribution < -0.4 is 5.32 Å². The van der Waals surface area contributed by atoms with E-state index in [9.17, 15) is 0 Å². The third-order valence-electron chi connectivity index (χ3n) is 1.83. The molecule has 0 atom stereocenters. The molecule has 0 saturated heterocycles. The van der Waals surface area contributed by atoms with Gasteiger partial charge in [-0.05, 0) is 34.5 Å². The van der Waals surface area contributed by atoms with Crippen LogP contribution in [0.25, 0.3) is 5.65 Å². The van der Waals surface area contributed by atoms with Crippen molar-refractivity contribution in [3.63, 3.8) is 0 Å². The van der Waals surface area contributed by atoms with Crippen molar-refractivity contribution in [1.82, 2.24) is 14.6 Å². The van der Waals surface area contributed by atoms with Gasteiger partial charge in [-0.3, -0.25) is 0 Å². The molecule has 0 aromatic carbocycles. The lowest BCUT2D eigenvalue weighted by Crippen LogP contribution is -2.01. The number of nitrogens with zero attached hydrogens (tertiary/aromatic N) is 3. The first kappa shape index (κ1) is 9.45. The van der Waals surface area contributed by atoms with Crippen LogP contribution in [0.3, 0.4) is 0 Å². The Balaban J connectivity index is 2.32. The molecule has 0 aliphatic heterocycles. The quantitative estimate of drug-likeness (QED) is 0.915. The highest BCUT2D eigenvalue weighted by Gasteiger charge is 2.01.